The van der Waals surface area contributed by atoms with Crippen LogP contribution in [0.25, 0.3) is 0 Å². The van der Waals surface area contributed by atoms with Crippen molar-refractivity contribution in [1.82, 2.24) is 16.0 Å². The minimum absolute atomic E-state index is 0.248. The molecule has 0 fully saturated rings. The number of hydrogen-bond donors (Lipinski definition) is 8. The Bertz CT molecular complexity index is 624. The molecule has 4 amide bonds. The van der Waals surface area contributed by atoms with Gasteiger partial charge in [0, 0.05) is 0 Å². The third-order valence-corrected chi connectivity index (χ3v) is 3.92. The van der Waals surface area contributed by atoms with E-state index in [9.17, 15) is 34.2 Å². The molecule has 0 heterocycles. The van der Waals surface area contributed by atoms with E-state index >= 15 is 0 Å². The standard InChI is InChI=1S/C16H29N5O8/c1-6(2)11(18)14(26)21-12(7(3)23)15(27)20-9(5-22)13(25)19-8(16(28)29)4-10(17)24/h6-9,11-12,22-23H,4-5,18H2,1-3H3,(H2,17,24)(H,19,25)(H,20,27)(H,21,26)(H,28,29). The number of nitrogens with one attached hydrogen (secondary N) is 3. The van der Waals surface area contributed by atoms with Crippen molar-refractivity contribution in [2.45, 2.75) is 57.5 Å². The summed E-state index contributed by atoms with van der Waals surface area (Å²) in [6.07, 6.45) is -2.07. The van der Waals surface area contributed by atoms with Gasteiger partial charge in [0.15, 0.2) is 0 Å². The van der Waals surface area contributed by atoms with Crippen molar-refractivity contribution >= 4 is 29.6 Å². The predicted molar refractivity (Wildman–Crippen MR) is 98.8 cm³/mol. The van der Waals surface area contributed by atoms with Gasteiger partial charge in [-0.2, -0.15) is 0 Å². The second-order valence-electron chi connectivity index (χ2n) is 6.81. The number of hydrogen-bond acceptors (Lipinski definition) is 8. The average Bonchev–Trinajstić information content (AvgIpc) is 2.61. The van der Waals surface area contributed by atoms with E-state index in [1.54, 1.807) is 13.8 Å². The van der Waals surface area contributed by atoms with Crippen LogP contribution in [0.5, 0.6) is 0 Å². The van der Waals surface area contributed by atoms with Crippen LogP contribution in [0.1, 0.15) is 27.2 Å². The second-order valence-corrected chi connectivity index (χ2v) is 6.81. The molecule has 5 unspecified atom stereocenters. The van der Waals surface area contributed by atoms with Crippen LogP contribution >= 0.6 is 0 Å². The molecule has 10 N–H and O–H groups in total. The molecule has 0 aromatic heterocycles. The van der Waals surface area contributed by atoms with E-state index in [-0.39, 0.29) is 5.92 Å². The zero-order valence-corrected chi connectivity index (χ0v) is 16.4. The number of nitrogens with two attached hydrogens (primary N) is 2. The highest BCUT2D eigenvalue weighted by Gasteiger charge is 2.32. The Hall–Kier alpha value is -2.77. The van der Waals surface area contributed by atoms with Gasteiger partial charge in [-0.1, -0.05) is 13.8 Å². The number of aliphatic hydroxyl groups is 2. The van der Waals surface area contributed by atoms with Gasteiger partial charge >= 0.3 is 5.97 Å². The number of carbonyl (C=O) groups is 5. The summed E-state index contributed by atoms with van der Waals surface area (Å²) in [6, 6.07) is -5.72. The van der Waals surface area contributed by atoms with Crippen LogP contribution in [0.2, 0.25) is 0 Å². The highest BCUT2D eigenvalue weighted by Crippen LogP contribution is 2.02. The minimum Gasteiger partial charge on any atom is -0.480 e. The first-order chi connectivity index (χ1) is 13.3. The van der Waals surface area contributed by atoms with E-state index in [0.29, 0.717) is 0 Å². The van der Waals surface area contributed by atoms with Crippen molar-refractivity contribution < 1.29 is 39.3 Å². The maximum Gasteiger partial charge on any atom is 0.326 e. The summed E-state index contributed by atoms with van der Waals surface area (Å²) in [6.45, 7) is 3.65. The molecule has 0 bridgehead atoms. The third-order valence-electron chi connectivity index (χ3n) is 3.92. The third kappa shape index (κ3) is 8.85. The number of aliphatic hydroxyl groups excluding tert-OH is 2. The molecule has 0 aromatic carbocycles. The largest absolute Gasteiger partial charge is 0.480 e. The second kappa shape index (κ2) is 11.9. The van der Waals surface area contributed by atoms with Crippen LogP contribution in [-0.4, -0.2) is 81.8 Å². The van der Waals surface area contributed by atoms with Crippen LogP contribution < -0.4 is 27.4 Å². The first-order valence-corrected chi connectivity index (χ1v) is 8.78. The van der Waals surface area contributed by atoms with Crippen molar-refractivity contribution in [3.8, 4) is 0 Å². The number of aliphatic carboxylic acids is 1. The molecule has 166 valence electrons. The van der Waals surface area contributed by atoms with Crippen molar-refractivity contribution in [2.75, 3.05) is 6.61 Å². The van der Waals surface area contributed by atoms with E-state index in [2.05, 4.69) is 10.6 Å². The van der Waals surface area contributed by atoms with Crippen molar-refractivity contribution in [3.05, 3.63) is 0 Å². The summed E-state index contributed by atoms with van der Waals surface area (Å²) in [4.78, 5) is 58.5. The molecule has 29 heavy (non-hydrogen) atoms. The fraction of sp³-hybridized carbons (Fsp3) is 0.688. The van der Waals surface area contributed by atoms with Crippen LogP contribution in [0.4, 0.5) is 0 Å². The van der Waals surface area contributed by atoms with E-state index in [4.69, 9.17) is 16.6 Å². The summed E-state index contributed by atoms with van der Waals surface area (Å²) in [7, 11) is 0. The predicted octanol–water partition coefficient (Wildman–Crippen LogP) is -4.24. The molecular weight excluding hydrogens is 390 g/mol. The van der Waals surface area contributed by atoms with Crippen molar-refractivity contribution in [1.29, 1.82) is 0 Å². The van der Waals surface area contributed by atoms with E-state index in [1.165, 1.54) is 6.92 Å². The lowest BCUT2D eigenvalue weighted by Crippen LogP contribution is -2.61. The fourth-order valence-corrected chi connectivity index (χ4v) is 2.09. The normalized spacial score (nSPS) is 16.1. The number of amides is 4. The number of carboxylic acid groups (broad SMARTS) is 1. The number of carbonyl (C=O) groups excluding carboxylic acids is 4. The van der Waals surface area contributed by atoms with Gasteiger partial charge in [-0.15, -0.1) is 0 Å². The topological polar surface area (TPSA) is 234 Å². The van der Waals surface area contributed by atoms with Crippen molar-refractivity contribution in [2.24, 2.45) is 17.4 Å². The lowest BCUT2D eigenvalue weighted by atomic mass is 10.0. The highest BCUT2D eigenvalue weighted by molar-refractivity contribution is 5.95. The summed E-state index contributed by atoms with van der Waals surface area (Å²) >= 11 is 0. The van der Waals surface area contributed by atoms with Gasteiger partial charge in [0.2, 0.25) is 23.6 Å². The summed E-state index contributed by atoms with van der Waals surface area (Å²) in [5.41, 5.74) is 10.6. The minimum atomic E-state index is -1.66. The maximum atomic E-state index is 12.4. The molecule has 0 aliphatic rings. The van der Waals surface area contributed by atoms with Gasteiger partial charge in [0.25, 0.3) is 0 Å². The van der Waals surface area contributed by atoms with Gasteiger partial charge in [-0.3, -0.25) is 19.2 Å². The van der Waals surface area contributed by atoms with Crippen LogP contribution in [0.15, 0.2) is 0 Å². The Kier molecular flexibility index (Phi) is 10.8. The molecule has 0 rings (SSSR count). The van der Waals surface area contributed by atoms with E-state index < -0.39 is 72.9 Å². The monoisotopic (exact) mass is 419 g/mol. The number of primary amides is 1. The molecule has 0 radical (unpaired) electrons. The Morgan fingerprint density at radius 2 is 1.41 bits per heavy atom. The lowest BCUT2D eigenvalue weighted by Gasteiger charge is -2.26. The van der Waals surface area contributed by atoms with Crippen LogP contribution in [-0.2, 0) is 24.0 Å². The van der Waals surface area contributed by atoms with Gasteiger partial charge in [0.1, 0.15) is 18.1 Å². The molecular formula is C16H29N5O8. The van der Waals surface area contributed by atoms with Crippen LogP contribution in [0, 0.1) is 5.92 Å². The first kappa shape index (κ1) is 26.2. The van der Waals surface area contributed by atoms with Gasteiger partial charge in [0.05, 0.1) is 25.2 Å². The summed E-state index contributed by atoms with van der Waals surface area (Å²) in [5, 5.41) is 34.5. The SMILES string of the molecule is CC(C)C(N)C(=O)NC(C(=O)NC(CO)C(=O)NC(CC(N)=O)C(=O)O)C(C)O. The molecule has 0 saturated heterocycles. The molecule has 5 atom stereocenters. The smallest absolute Gasteiger partial charge is 0.326 e. The van der Waals surface area contributed by atoms with Gasteiger partial charge in [-0.05, 0) is 12.8 Å². The molecule has 0 aliphatic carbocycles. The number of rotatable bonds is 12. The van der Waals surface area contributed by atoms with E-state index in [1.807, 2.05) is 5.32 Å². The first-order valence-electron chi connectivity index (χ1n) is 8.78. The Morgan fingerprint density at radius 3 is 1.79 bits per heavy atom. The molecule has 13 heteroatoms. The quantitative estimate of drug-likeness (QED) is 0.153. The zero-order valence-electron chi connectivity index (χ0n) is 16.4. The maximum absolute atomic E-state index is 12.4. The Balaban J connectivity index is 5.20. The molecule has 0 aliphatic heterocycles. The molecule has 0 saturated carbocycles. The molecule has 0 aromatic rings. The van der Waals surface area contributed by atoms with E-state index in [0.717, 1.165) is 0 Å². The average molecular weight is 419 g/mol. The molecule has 13 nitrogen and oxygen atoms in total. The molecule has 0 spiro atoms. The fourth-order valence-electron chi connectivity index (χ4n) is 2.09. The Labute approximate surface area is 167 Å². The van der Waals surface area contributed by atoms with Crippen molar-refractivity contribution in [3.63, 3.8) is 0 Å². The lowest BCUT2D eigenvalue weighted by molar-refractivity contribution is -0.144. The Morgan fingerprint density at radius 1 is 0.897 bits per heavy atom. The highest BCUT2D eigenvalue weighted by atomic mass is 16.4. The summed E-state index contributed by atoms with van der Waals surface area (Å²) < 4.78 is 0. The zero-order chi connectivity index (χ0) is 22.9. The number of carboxylic acids is 1. The van der Waals surface area contributed by atoms with Gasteiger partial charge < -0.3 is 42.7 Å². The summed E-state index contributed by atoms with van der Waals surface area (Å²) in [5.74, 6) is -5.61. The van der Waals surface area contributed by atoms with Crippen LogP contribution in [0.3, 0.4) is 0 Å². The van der Waals surface area contributed by atoms with Gasteiger partial charge in [-0.25, -0.2) is 4.79 Å².